The maximum Gasteiger partial charge on any atom is 0.142 e. The molecule has 1 N–H and O–H groups in total. The van der Waals surface area contributed by atoms with Crippen LogP contribution in [0, 0.1) is 0 Å². The Morgan fingerprint density at radius 2 is 2.05 bits per heavy atom. The van der Waals surface area contributed by atoms with Crippen molar-refractivity contribution in [1.82, 2.24) is 0 Å². The second-order valence-electron chi connectivity index (χ2n) is 5.13. The van der Waals surface area contributed by atoms with E-state index in [-0.39, 0.29) is 12.7 Å². The Morgan fingerprint density at radius 3 is 2.81 bits per heavy atom. The maximum absolute atomic E-state index is 9.21. The fourth-order valence-electron chi connectivity index (χ4n) is 2.41. The number of fused-ring (bicyclic) bond motifs is 1. The van der Waals surface area contributed by atoms with Crippen molar-refractivity contribution in [3.63, 3.8) is 0 Å². The van der Waals surface area contributed by atoms with Crippen molar-refractivity contribution >= 4 is 11.6 Å². The van der Waals surface area contributed by atoms with E-state index in [0.29, 0.717) is 17.4 Å². The molecule has 0 saturated carbocycles. The summed E-state index contributed by atoms with van der Waals surface area (Å²) in [6.07, 6.45) is 1.53. The Bertz CT molecular complexity index is 613. The number of hydrogen-bond acceptors (Lipinski definition) is 3. The lowest BCUT2D eigenvalue weighted by Gasteiger charge is -2.25. The molecule has 0 spiro atoms. The average Bonchev–Trinajstić information content (AvgIpc) is 2.53. The van der Waals surface area contributed by atoms with E-state index >= 15 is 0 Å². The van der Waals surface area contributed by atoms with E-state index in [9.17, 15) is 5.11 Å². The highest BCUT2D eigenvalue weighted by Gasteiger charge is 2.21. The average molecular weight is 305 g/mol. The molecule has 4 heteroatoms. The van der Waals surface area contributed by atoms with Crippen LogP contribution in [0.4, 0.5) is 0 Å². The van der Waals surface area contributed by atoms with Gasteiger partial charge in [-0.3, -0.25) is 0 Å². The Kier molecular flexibility index (Phi) is 4.32. The topological polar surface area (TPSA) is 38.7 Å². The van der Waals surface area contributed by atoms with Gasteiger partial charge in [-0.25, -0.2) is 0 Å². The lowest BCUT2D eigenvalue weighted by molar-refractivity contribution is 0.0974. The van der Waals surface area contributed by atoms with Gasteiger partial charge in [-0.1, -0.05) is 41.9 Å². The van der Waals surface area contributed by atoms with Crippen molar-refractivity contribution in [3.05, 3.63) is 58.6 Å². The Balaban J connectivity index is 1.76. The van der Waals surface area contributed by atoms with Gasteiger partial charge in [0, 0.05) is 6.07 Å². The highest BCUT2D eigenvalue weighted by molar-refractivity contribution is 6.32. The van der Waals surface area contributed by atoms with Crippen LogP contribution in [-0.4, -0.2) is 17.8 Å². The zero-order valence-electron chi connectivity index (χ0n) is 11.6. The van der Waals surface area contributed by atoms with Gasteiger partial charge >= 0.3 is 0 Å². The molecular formula is C17H17ClO3. The summed E-state index contributed by atoms with van der Waals surface area (Å²) < 4.78 is 11.5. The van der Waals surface area contributed by atoms with Crippen molar-refractivity contribution < 1.29 is 14.6 Å². The number of aliphatic hydroxyl groups excluding tert-OH is 1. The van der Waals surface area contributed by atoms with Gasteiger partial charge in [0.25, 0.3) is 0 Å². The minimum atomic E-state index is -0.138. The number of rotatable bonds is 4. The number of halogens is 1. The van der Waals surface area contributed by atoms with Crippen LogP contribution in [0.3, 0.4) is 0 Å². The molecule has 0 radical (unpaired) electrons. The van der Waals surface area contributed by atoms with Crippen LogP contribution in [0.2, 0.25) is 5.02 Å². The van der Waals surface area contributed by atoms with Crippen LogP contribution in [0.5, 0.6) is 11.5 Å². The van der Waals surface area contributed by atoms with Gasteiger partial charge in [-0.05, 0) is 30.0 Å². The van der Waals surface area contributed by atoms with Crippen LogP contribution in [0.15, 0.2) is 42.5 Å². The highest BCUT2D eigenvalue weighted by atomic mass is 35.5. The molecular weight excluding hydrogens is 288 g/mol. The third-order valence-corrected chi connectivity index (χ3v) is 3.88. The highest BCUT2D eigenvalue weighted by Crippen LogP contribution is 2.37. The zero-order chi connectivity index (χ0) is 14.7. The van der Waals surface area contributed by atoms with Gasteiger partial charge in [-0.15, -0.1) is 0 Å². The lowest BCUT2D eigenvalue weighted by atomic mass is 10.0. The SMILES string of the molecule is OCC1CCc2cc(Cl)c(OCc3ccccc3)cc2O1. The van der Waals surface area contributed by atoms with E-state index in [1.54, 1.807) is 0 Å². The Hall–Kier alpha value is -1.71. The number of aliphatic hydroxyl groups is 1. The molecule has 1 aliphatic rings. The van der Waals surface area contributed by atoms with E-state index in [1.807, 2.05) is 42.5 Å². The molecule has 1 unspecified atom stereocenters. The monoisotopic (exact) mass is 304 g/mol. The summed E-state index contributed by atoms with van der Waals surface area (Å²) >= 11 is 6.27. The third kappa shape index (κ3) is 3.31. The van der Waals surface area contributed by atoms with Crippen molar-refractivity contribution in [3.8, 4) is 11.5 Å². The summed E-state index contributed by atoms with van der Waals surface area (Å²) in [4.78, 5) is 0. The summed E-state index contributed by atoms with van der Waals surface area (Å²) in [6.45, 7) is 0.491. The molecule has 1 atom stereocenters. The van der Waals surface area contributed by atoms with Crippen LogP contribution < -0.4 is 9.47 Å². The summed E-state index contributed by atoms with van der Waals surface area (Å²) in [5.74, 6) is 1.37. The standard InChI is InChI=1S/C17H17ClO3/c18-15-8-13-6-7-14(10-19)21-16(13)9-17(15)20-11-12-4-2-1-3-5-12/h1-5,8-9,14,19H,6-7,10-11H2. The smallest absolute Gasteiger partial charge is 0.142 e. The zero-order valence-corrected chi connectivity index (χ0v) is 12.3. The molecule has 0 aromatic heterocycles. The molecule has 2 aromatic rings. The molecule has 110 valence electrons. The summed E-state index contributed by atoms with van der Waals surface area (Å²) in [6, 6.07) is 13.6. The van der Waals surface area contributed by atoms with Crippen LogP contribution in [-0.2, 0) is 13.0 Å². The van der Waals surface area contributed by atoms with Gasteiger partial charge in [0.05, 0.1) is 11.6 Å². The molecule has 0 bridgehead atoms. The number of hydrogen-bond donors (Lipinski definition) is 1. The van der Waals surface area contributed by atoms with Crippen molar-refractivity contribution in [2.75, 3.05) is 6.61 Å². The molecule has 2 aromatic carbocycles. The third-order valence-electron chi connectivity index (χ3n) is 3.59. The minimum absolute atomic E-state index is 0.0300. The van der Waals surface area contributed by atoms with E-state index < -0.39 is 0 Å². The molecule has 3 nitrogen and oxygen atoms in total. The Morgan fingerprint density at radius 1 is 1.24 bits per heavy atom. The fraction of sp³-hybridized carbons (Fsp3) is 0.294. The maximum atomic E-state index is 9.21. The first kappa shape index (κ1) is 14.2. The van der Waals surface area contributed by atoms with Crippen LogP contribution in [0.25, 0.3) is 0 Å². The fourth-order valence-corrected chi connectivity index (χ4v) is 2.65. The van der Waals surface area contributed by atoms with Gasteiger partial charge in [0.2, 0.25) is 0 Å². The van der Waals surface area contributed by atoms with Gasteiger partial charge in [0.15, 0.2) is 0 Å². The molecule has 0 amide bonds. The molecule has 0 saturated heterocycles. The molecule has 0 fully saturated rings. The second-order valence-corrected chi connectivity index (χ2v) is 5.53. The molecule has 1 heterocycles. The van der Waals surface area contributed by atoms with Crippen molar-refractivity contribution in [2.45, 2.75) is 25.6 Å². The van der Waals surface area contributed by atoms with E-state index in [0.717, 1.165) is 29.7 Å². The first-order chi connectivity index (χ1) is 10.3. The van der Waals surface area contributed by atoms with E-state index in [4.69, 9.17) is 21.1 Å². The molecule has 3 rings (SSSR count). The first-order valence-corrected chi connectivity index (χ1v) is 7.40. The first-order valence-electron chi connectivity index (χ1n) is 7.03. The lowest BCUT2D eigenvalue weighted by Crippen LogP contribution is -2.26. The minimum Gasteiger partial charge on any atom is -0.488 e. The van der Waals surface area contributed by atoms with Gasteiger partial charge in [-0.2, -0.15) is 0 Å². The van der Waals surface area contributed by atoms with Gasteiger partial charge in [0.1, 0.15) is 24.2 Å². The molecule has 0 aliphatic carbocycles. The summed E-state index contributed by atoms with van der Waals surface area (Å²) in [7, 11) is 0. The Labute approximate surface area is 129 Å². The van der Waals surface area contributed by atoms with E-state index in [2.05, 4.69) is 0 Å². The van der Waals surface area contributed by atoms with Gasteiger partial charge < -0.3 is 14.6 Å². The van der Waals surface area contributed by atoms with Crippen LogP contribution >= 0.6 is 11.6 Å². The van der Waals surface area contributed by atoms with Crippen molar-refractivity contribution in [1.29, 1.82) is 0 Å². The summed E-state index contributed by atoms with van der Waals surface area (Å²) in [5, 5.41) is 9.80. The van der Waals surface area contributed by atoms with Crippen LogP contribution in [0.1, 0.15) is 17.5 Å². The molecule has 21 heavy (non-hydrogen) atoms. The van der Waals surface area contributed by atoms with E-state index in [1.165, 1.54) is 0 Å². The number of aryl methyl sites for hydroxylation is 1. The van der Waals surface area contributed by atoms with Crippen molar-refractivity contribution in [2.24, 2.45) is 0 Å². The predicted octanol–water partition coefficient (Wildman–Crippen LogP) is 3.60. The summed E-state index contributed by atoms with van der Waals surface area (Å²) in [5.41, 5.74) is 2.15. The molecule has 1 aliphatic heterocycles. The number of ether oxygens (including phenoxy) is 2. The second kappa shape index (κ2) is 6.37. The quantitative estimate of drug-likeness (QED) is 0.938. The predicted molar refractivity (Wildman–Crippen MR) is 82.0 cm³/mol. The number of benzene rings is 2. The normalized spacial score (nSPS) is 17.0. The largest absolute Gasteiger partial charge is 0.488 e.